The Labute approximate surface area is 163 Å². The molecule has 3 aromatic rings. The predicted molar refractivity (Wildman–Crippen MR) is 107 cm³/mol. The largest absolute Gasteiger partial charge is 0.339 e. The smallest absolute Gasteiger partial charge is 0.269 e. The zero-order chi connectivity index (χ0) is 19.3. The molecule has 0 fully saturated rings. The van der Waals surface area contributed by atoms with Gasteiger partial charge in [0, 0.05) is 5.69 Å². The number of aromatic nitrogens is 2. The molecule has 1 atom stereocenters. The summed E-state index contributed by atoms with van der Waals surface area (Å²) in [6.07, 6.45) is 2.89. The van der Waals surface area contributed by atoms with Gasteiger partial charge in [-0.3, -0.25) is 14.7 Å². The number of aromatic amines is 1. The number of hydrogen-bond donors (Lipinski definition) is 3. The second-order valence-electron chi connectivity index (χ2n) is 6.97. The van der Waals surface area contributed by atoms with Crippen LogP contribution in [0.5, 0.6) is 0 Å². The molecule has 0 unspecified atom stereocenters. The van der Waals surface area contributed by atoms with E-state index in [1.807, 2.05) is 42.5 Å². The molecule has 0 bridgehead atoms. The number of benzene rings is 2. The fourth-order valence-corrected chi connectivity index (χ4v) is 3.41. The van der Waals surface area contributed by atoms with Gasteiger partial charge in [0.25, 0.3) is 5.91 Å². The van der Waals surface area contributed by atoms with Gasteiger partial charge in [-0.15, -0.1) is 0 Å². The van der Waals surface area contributed by atoms with Crippen LogP contribution in [0.25, 0.3) is 0 Å². The number of nitrogens with zero attached hydrogens (tertiary/aromatic N) is 1. The van der Waals surface area contributed by atoms with Gasteiger partial charge in [0.15, 0.2) is 0 Å². The maximum atomic E-state index is 12.6. The third kappa shape index (κ3) is 4.11. The molecule has 1 aliphatic heterocycles. The Morgan fingerprint density at radius 2 is 1.86 bits per heavy atom. The number of anilines is 1. The van der Waals surface area contributed by atoms with Crippen molar-refractivity contribution in [1.29, 1.82) is 0 Å². The average Bonchev–Trinajstić information content (AvgIpc) is 3.14. The molecule has 2 aromatic carbocycles. The number of nitrogens with one attached hydrogen (secondary N) is 3. The van der Waals surface area contributed by atoms with E-state index in [-0.39, 0.29) is 11.8 Å². The Kier molecular flexibility index (Phi) is 5.19. The molecule has 28 heavy (non-hydrogen) atoms. The van der Waals surface area contributed by atoms with Crippen molar-refractivity contribution >= 4 is 17.5 Å². The third-order valence-electron chi connectivity index (χ3n) is 4.99. The summed E-state index contributed by atoms with van der Waals surface area (Å²) < 4.78 is 0. The molecule has 0 spiro atoms. The minimum Gasteiger partial charge on any atom is -0.339 e. The Bertz CT molecular complexity index is 981. The van der Waals surface area contributed by atoms with Crippen molar-refractivity contribution in [3.8, 4) is 0 Å². The summed E-state index contributed by atoms with van der Waals surface area (Å²) in [5, 5.41) is 12.7. The summed E-state index contributed by atoms with van der Waals surface area (Å²) in [5.41, 5.74) is 4.32. The minimum atomic E-state index is -0.573. The predicted octanol–water partition coefficient (Wildman–Crippen LogP) is 2.88. The summed E-state index contributed by atoms with van der Waals surface area (Å²) in [7, 11) is 0. The summed E-state index contributed by atoms with van der Waals surface area (Å²) in [6, 6.07) is 19.0. The van der Waals surface area contributed by atoms with E-state index in [1.165, 1.54) is 5.56 Å². The number of rotatable bonds is 5. The van der Waals surface area contributed by atoms with Crippen LogP contribution in [0.15, 0.2) is 60.7 Å². The van der Waals surface area contributed by atoms with Gasteiger partial charge >= 0.3 is 0 Å². The molecule has 6 heteroatoms. The molecule has 1 aromatic heterocycles. The Hall–Kier alpha value is -3.41. The number of carbonyl (C=O) groups excluding carboxylic acids is 2. The highest BCUT2D eigenvalue weighted by molar-refractivity contribution is 6.01. The molecule has 2 amide bonds. The van der Waals surface area contributed by atoms with Crippen LogP contribution in [-0.2, 0) is 24.1 Å². The van der Waals surface area contributed by atoms with Crippen LogP contribution >= 0.6 is 0 Å². The van der Waals surface area contributed by atoms with Crippen molar-refractivity contribution in [3.63, 3.8) is 0 Å². The highest BCUT2D eigenvalue weighted by Crippen LogP contribution is 2.21. The van der Waals surface area contributed by atoms with Crippen LogP contribution in [0.4, 0.5) is 5.69 Å². The average molecular weight is 374 g/mol. The maximum absolute atomic E-state index is 12.6. The number of para-hydroxylation sites is 1. The monoisotopic (exact) mass is 374 g/mol. The van der Waals surface area contributed by atoms with E-state index in [0.29, 0.717) is 12.1 Å². The van der Waals surface area contributed by atoms with Crippen LogP contribution in [-0.4, -0.2) is 28.1 Å². The zero-order valence-electron chi connectivity index (χ0n) is 15.4. The number of amides is 2. The molecule has 0 saturated heterocycles. The number of hydrogen-bond acceptors (Lipinski definition) is 3. The van der Waals surface area contributed by atoms with Crippen molar-refractivity contribution in [1.82, 2.24) is 15.5 Å². The van der Waals surface area contributed by atoms with Crippen LogP contribution in [0.2, 0.25) is 0 Å². The Morgan fingerprint density at radius 1 is 1.07 bits per heavy atom. The fraction of sp³-hybridized carbons (Fsp3) is 0.227. The first kappa shape index (κ1) is 18.0. The molecular formula is C22H22N4O2. The van der Waals surface area contributed by atoms with Gasteiger partial charge < -0.3 is 10.6 Å². The standard InChI is InChI=1S/C22H22N4O2/c27-21-19(13-11-16-8-4-5-9-18(16)23-21)24-22(28)20-14-17(25-26-20)12-10-15-6-2-1-3-7-15/h1-9,14,19H,10-13H2,(H,23,27)(H,24,28)(H,25,26)/t19-/m1/s1. The van der Waals surface area contributed by atoms with Crippen LogP contribution in [0.1, 0.15) is 33.7 Å². The molecule has 3 N–H and O–H groups in total. The van der Waals surface area contributed by atoms with Gasteiger partial charge in [-0.05, 0) is 48.9 Å². The molecule has 2 heterocycles. The Morgan fingerprint density at radius 3 is 2.71 bits per heavy atom. The molecule has 0 aliphatic carbocycles. The van der Waals surface area contributed by atoms with Crippen LogP contribution < -0.4 is 10.6 Å². The van der Waals surface area contributed by atoms with Crippen molar-refractivity contribution in [3.05, 3.63) is 83.2 Å². The summed E-state index contributed by atoms with van der Waals surface area (Å²) in [6.45, 7) is 0. The fourth-order valence-electron chi connectivity index (χ4n) is 3.41. The third-order valence-corrected chi connectivity index (χ3v) is 4.99. The van der Waals surface area contributed by atoms with Gasteiger partial charge in [0.1, 0.15) is 11.7 Å². The SMILES string of the molecule is O=C(N[C@@H]1CCc2ccccc2NC1=O)c1cc(CCc2ccccc2)n[nH]1. The van der Waals surface area contributed by atoms with Crippen molar-refractivity contribution in [2.24, 2.45) is 0 Å². The van der Waals surface area contributed by atoms with Gasteiger partial charge in [-0.1, -0.05) is 48.5 Å². The molecule has 6 nitrogen and oxygen atoms in total. The van der Waals surface area contributed by atoms with Gasteiger partial charge in [-0.2, -0.15) is 5.10 Å². The first-order valence-electron chi connectivity index (χ1n) is 9.47. The number of H-pyrrole nitrogens is 1. The van der Waals surface area contributed by atoms with E-state index in [9.17, 15) is 9.59 Å². The normalized spacial score (nSPS) is 16.0. The maximum Gasteiger partial charge on any atom is 0.269 e. The Balaban J connectivity index is 1.36. The summed E-state index contributed by atoms with van der Waals surface area (Å²) in [4.78, 5) is 25.0. The van der Waals surface area contributed by atoms with Crippen molar-refractivity contribution < 1.29 is 9.59 Å². The van der Waals surface area contributed by atoms with Crippen LogP contribution in [0.3, 0.4) is 0 Å². The van der Waals surface area contributed by atoms with Gasteiger partial charge in [0.2, 0.25) is 5.91 Å². The topological polar surface area (TPSA) is 86.9 Å². The van der Waals surface area contributed by atoms with Crippen molar-refractivity contribution in [2.75, 3.05) is 5.32 Å². The number of aryl methyl sites for hydroxylation is 3. The van der Waals surface area contributed by atoms with E-state index in [1.54, 1.807) is 6.07 Å². The molecule has 1 aliphatic rings. The van der Waals surface area contributed by atoms with E-state index in [4.69, 9.17) is 0 Å². The van der Waals surface area contributed by atoms with E-state index >= 15 is 0 Å². The summed E-state index contributed by atoms with van der Waals surface area (Å²) >= 11 is 0. The van der Waals surface area contributed by atoms with Gasteiger partial charge in [-0.25, -0.2) is 0 Å². The lowest BCUT2D eigenvalue weighted by atomic mass is 10.1. The second kappa shape index (κ2) is 8.08. The van der Waals surface area contributed by atoms with Crippen molar-refractivity contribution in [2.45, 2.75) is 31.7 Å². The lowest BCUT2D eigenvalue weighted by Crippen LogP contribution is -2.43. The molecule has 0 radical (unpaired) electrons. The van der Waals surface area contributed by atoms with E-state index < -0.39 is 6.04 Å². The molecule has 4 rings (SSSR count). The molecule has 0 saturated carbocycles. The first-order valence-corrected chi connectivity index (χ1v) is 9.47. The highest BCUT2D eigenvalue weighted by Gasteiger charge is 2.25. The van der Waals surface area contributed by atoms with E-state index in [0.717, 1.165) is 36.2 Å². The van der Waals surface area contributed by atoms with Gasteiger partial charge in [0.05, 0.1) is 5.69 Å². The zero-order valence-corrected chi connectivity index (χ0v) is 15.4. The quantitative estimate of drug-likeness (QED) is 0.642. The highest BCUT2D eigenvalue weighted by atomic mass is 16.2. The summed E-state index contributed by atoms with van der Waals surface area (Å²) in [5.74, 6) is -0.508. The number of fused-ring (bicyclic) bond motifs is 1. The van der Waals surface area contributed by atoms with Crippen LogP contribution in [0, 0.1) is 0 Å². The lowest BCUT2D eigenvalue weighted by Gasteiger charge is -2.14. The second-order valence-corrected chi connectivity index (χ2v) is 6.97. The minimum absolute atomic E-state index is 0.192. The lowest BCUT2D eigenvalue weighted by molar-refractivity contribution is -0.118. The molecule has 142 valence electrons. The van der Waals surface area contributed by atoms with E-state index in [2.05, 4.69) is 33.0 Å². The molecular weight excluding hydrogens is 352 g/mol. The first-order chi connectivity index (χ1) is 13.7. The number of carbonyl (C=O) groups is 2.